The summed E-state index contributed by atoms with van der Waals surface area (Å²) in [6.45, 7) is 2.59. The first-order chi connectivity index (χ1) is 9.08. The topological polar surface area (TPSA) is 78.4 Å². The number of aryl methyl sites for hydroxylation is 1. The number of benzene rings is 1. The average molecular weight is 262 g/mol. The van der Waals surface area contributed by atoms with Gasteiger partial charge in [0.2, 0.25) is 5.91 Å². The van der Waals surface area contributed by atoms with Gasteiger partial charge >= 0.3 is 5.97 Å². The molecule has 0 saturated carbocycles. The van der Waals surface area contributed by atoms with Crippen molar-refractivity contribution in [3.8, 4) is 0 Å². The Balaban J connectivity index is 2.04. The maximum atomic E-state index is 12.0. The minimum atomic E-state index is -0.954. The predicted molar refractivity (Wildman–Crippen MR) is 72.4 cm³/mol. The van der Waals surface area contributed by atoms with Crippen LogP contribution in [0.5, 0.6) is 0 Å². The molecule has 0 bridgehead atoms. The number of amides is 1. The lowest BCUT2D eigenvalue weighted by Gasteiger charge is -2.22. The Bertz CT molecular complexity index is 493. The summed E-state index contributed by atoms with van der Waals surface area (Å²) in [5, 5.41) is 14.9. The lowest BCUT2D eigenvalue weighted by Crippen LogP contribution is -2.43. The summed E-state index contributed by atoms with van der Waals surface area (Å²) >= 11 is 0. The number of carboxylic acids is 1. The van der Waals surface area contributed by atoms with Crippen LogP contribution in [0, 0.1) is 6.92 Å². The Morgan fingerprint density at radius 1 is 1.37 bits per heavy atom. The fraction of sp³-hybridized carbons (Fsp3) is 0.429. The number of carbonyl (C=O) groups is 2. The lowest BCUT2D eigenvalue weighted by molar-refractivity contribution is -0.118. The third kappa shape index (κ3) is 3.32. The maximum absolute atomic E-state index is 12.0. The van der Waals surface area contributed by atoms with Gasteiger partial charge in [-0.1, -0.05) is 6.42 Å². The number of piperidine rings is 1. The number of nitrogens with one attached hydrogen (secondary N) is 2. The molecule has 0 aliphatic carbocycles. The molecular formula is C14H18N2O3. The van der Waals surface area contributed by atoms with Crippen molar-refractivity contribution in [2.45, 2.75) is 32.2 Å². The summed E-state index contributed by atoms with van der Waals surface area (Å²) in [6.07, 6.45) is 3.01. The molecule has 0 radical (unpaired) electrons. The Morgan fingerprint density at radius 2 is 2.16 bits per heavy atom. The first kappa shape index (κ1) is 13.5. The molecule has 1 aromatic carbocycles. The molecule has 0 aromatic heterocycles. The summed E-state index contributed by atoms with van der Waals surface area (Å²) in [6, 6.07) is 4.68. The number of carbonyl (C=O) groups excluding carboxylic acids is 1. The van der Waals surface area contributed by atoms with Crippen molar-refractivity contribution in [3.63, 3.8) is 0 Å². The van der Waals surface area contributed by atoms with E-state index in [1.165, 1.54) is 6.07 Å². The predicted octanol–water partition coefficient (Wildman–Crippen LogP) is 1.77. The van der Waals surface area contributed by atoms with Gasteiger partial charge in [-0.05, 0) is 50.1 Å². The maximum Gasteiger partial charge on any atom is 0.335 e. The molecule has 1 aliphatic rings. The van der Waals surface area contributed by atoms with Gasteiger partial charge in [0.25, 0.3) is 0 Å². The molecule has 1 heterocycles. The van der Waals surface area contributed by atoms with Gasteiger partial charge < -0.3 is 15.7 Å². The zero-order valence-corrected chi connectivity index (χ0v) is 10.9. The van der Waals surface area contributed by atoms with E-state index in [0.29, 0.717) is 11.3 Å². The molecule has 1 aromatic rings. The van der Waals surface area contributed by atoms with Crippen LogP contribution in [0.3, 0.4) is 0 Å². The van der Waals surface area contributed by atoms with Gasteiger partial charge in [-0.15, -0.1) is 0 Å². The summed E-state index contributed by atoms with van der Waals surface area (Å²) in [4.78, 5) is 22.9. The summed E-state index contributed by atoms with van der Waals surface area (Å²) < 4.78 is 0. The van der Waals surface area contributed by atoms with Gasteiger partial charge in [0.1, 0.15) is 0 Å². The van der Waals surface area contributed by atoms with E-state index in [-0.39, 0.29) is 17.5 Å². The summed E-state index contributed by atoms with van der Waals surface area (Å²) in [5.41, 5.74) is 1.54. The number of anilines is 1. The van der Waals surface area contributed by atoms with Crippen LogP contribution >= 0.6 is 0 Å². The fourth-order valence-corrected chi connectivity index (χ4v) is 2.29. The molecular weight excluding hydrogens is 244 g/mol. The standard InChI is InChI=1S/C14H18N2O3/c1-9-8-10(5-6-11(9)14(18)19)16-13(17)12-4-2-3-7-15-12/h5-6,8,12,15H,2-4,7H2,1H3,(H,16,17)(H,18,19). The van der Waals surface area contributed by atoms with E-state index < -0.39 is 5.97 Å². The molecule has 1 fully saturated rings. The van der Waals surface area contributed by atoms with Crippen LogP contribution in [0.4, 0.5) is 5.69 Å². The zero-order chi connectivity index (χ0) is 13.8. The molecule has 5 heteroatoms. The van der Waals surface area contributed by atoms with Crippen LogP contribution < -0.4 is 10.6 Å². The van der Waals surface area contributed by atoms with Crippen LogP contribution in [0.25, 0.3) is 0 Å². The monoisotopic (exact) mass is 262 g/mol. The van der Waals surface area contributed by atoms with Gasteiger partial charge in [-0.25, -0.2) is 4.79 Å². The van der Waals surface area contributed by atoms with E-state index in [1.54, 1.807) is 19.1 Å². The number of rotatable bonds is 3. The molecule has 2 rings (SSSR count). The number of aromatic carboxylic acids is 1. The Hall–Kier alpha value is -1.88. The Morgan fingerprint density at radius 3 is 2.74 bits per heavy atom. The van der Waals surface area contributed by atoms with Crippen molar-refractivity contribution in [2.75, 3.05) is 11.9 Å². The molecule has 5 nitrogen and oxygen atoms in total. The van der Waals surface area contributed by atoms with Gasteiger partial charge in [0.15, 0.2) is 0 Å². The molecule has 1 aliphatic heterocycles. The lowest BCUT2D eigenvalue weighted by atomic mass is 10.0. The molecule has 3 N–H and O–H groups in total. The molecule has 1 atom stereocenters. The van der Waals surface area contributed by atoms with E-state index in [4.69, 9.17) is 5.11 Å². The van der Waals surface area contributed by atoms with Crippen LogP contribution in [-0.4, -0.2) is 29.6 Å². The van der Waals surface area contributed by atoms with Crippen molar-refractivity contribution >= 4 is 17.6 Å². The number of hydrogen-bond donors (Lipinski definition) is 3. The second-order valence-corrected chi connectivity index (χ2v) is 4.83. The normalized spacial score (nSPS) is 18.9. The molecule has 19 heavy (non-hydrogen) atoms. The highest BCUT2D eigenvalue weighted by molar-refractivity contribution is 5.96. The van der Waals surface area contributed by atoms with Gasteiger partial charge in [0, 0.05) is 5.69 Å². The highest BCUT2D eigenvalue weighted by atomic mass is 16.4. The summed E-state index contributed by atoms with van der Waals surface area (Å²) in [7, 11) is 0. The van der Waals surface area contributed by atoms with Gasteiger partial charge in [-0.3, -0.25) is 4.79 Å². The molecule has 0 spiro atoms. The molecule has 1 amide bonds. The third-order valence-corrected chi connectivity index (χ3v) is 3.35. The van der Waals surface area contributed by atoms with E-state index in [0.717, 1.165) is 25.8 Å². The molecule has 1 unspecified atom stereocenters. The van der Waals surface area contributed by atoms with Crippen molar-refractivity contribution in [3.05, 3.63) is 29.3 Å². The quantitative estimate of drug-likeness (QED) is 0.775. The van der Waals surface area contributed by atoms with E-state index in [2.05, 4.69) is 10.6 Å². The average Bonchev–Trinajstić information content (AvgIpc) is 2.39. The van der Waals surface area contributed by atoms with Gasteiger partial charge in [0.05, 0.1) is 11.6 Å². The highest BCUT2D eigenvalue weighted by Crippen LogP contribution is 2.16. The Kier molecular flexibility index (Phi) is 4.16. The highest BCUT2D eigenvalue weighted by Gasteiger charge is 2.20. The van der Waals surface area contributed by atoms with Crippen molar-refractivity contribution < 1.29 is 14.7 Å². The minimum absolute atomic E-state index is 0.0535. The van der Waals surface area contributed by atoms with Crippen LogP contribution in [-0.2, 0) is 4.79 Å². The first-order valence-electron chi connectivity index (χ1n) is 6.46. The van der Waals surface area contributed by atoms with Crippen LogP contribution in [0.15, 0.2) is 18.2 Å². The van der Waals surface area contributed by atoms with E-state index >= 15 is 0 Å². The number of hydrogen-bond acceptors (Lipinski definition) is 3. The third-order valence-electron chi connectivity index (χ3n) is 3.35. The van der Waals surface area contributed by atoms with Crippen LogP contribution in [0.2, 0.25) is 0 Å². The SMILES string of the molecule is Cc1cc(NC(=O)C2CCCCN2)ccc1C(=O)O. The Labute approximate surface area is 112 Å². The molecule has 102 valence electrons. The first-order valence-corrected chi connectivity index (χ1v) is 6.46. The van der Waals surface area contributed by atoms with Crippen LogP contribution in [0.1, 0.15) is 35.2 Å². The minimum Gasteiger partial charge on any atom is -0.478 e. The van der Waals surface area contributed by atoms with Gasteiger partial charge in [-0.2, -0.15) is 0 Å². The molecule has 1 saturated heterocycles. The zero-order valence-electron chi connectivity index (χ0n) is 10.9. The van der Waals surface area contributed by atoms with E-state index in [9.17, 15) is 9.59 Å². The second kappa shape index (κ2) is 5.84. The van der Waals surface area contributed by atoms with Crippen molar-refractivity contribution in [1.82, 2.24) is 5.32 Å². The second-order valence-electron chi connectivity index (χ2n) is 4.83. The summed E-state index contributed by atoms with van der Waals surface area (Å²) in [5.74, 6) is -1.01. The smallest absolute Gasteiger partial charge is 0.335 e. The van der Waals surface area contributed by atoms with Crippen molar-refractivity contribution in [1.29, 1.82) is 0 Å². The van der Waals surface area contributed by atoms with Crippen molar-refractivity contribution in [2.24, 2.45) is 0 Å². The van der Waals surface area contributed by atoms with E-state index in [1.807, 2.05) is 0 Å². The number of carboxylic acid groups (broad SMARTS) is 1. The fourth-order valence-electron chi connectivity index (χ4n) is 2.29. The largest absolute Gasteiger partial charge is 0.478 e.